The van der Waals surface area contributed by atoms with E-state index < -0.39 is 11.7 Å². The second kappa shape index (κ2) is 10.2. The molecule has 160 valence electrons. The minimum absolute atomic E-state index is 0. The summed E-state index contributed by atoms with van der Waals surface area (Å²) < 4.78 is 38.5. The number of hydrogen-bond donors (Lipinski definition) is 1. The number of rotatable bonds is 3. The van der Waals surface area contributed by atoms with Crippen molar-refractivity contribution in [3.05, 3.63) is 64.7 Å². The highest BCUT2D eigenvalue weighted by atomic mass is 35.5. The molecule has 2 aromatic rings. The van der Waals surface area contributed by atoms with Gasteiger partial charge in [0, 0.05) is 44.0 Å². The number of piperazine rings is 1. The summed E-state index contributed by atoms with van der Waals surface area (Å²) >= 11 is 0. The first-order valence-electron chi connectivity index (χ1n) is 8.78. The molecule has 0 aliphatic carbocycles. The van der Waals surface area contributed by atoms with Gasteiger partial charge in [-0.25, -0.2) is 0 Å². The summed E-state index contributed by atoms with van der Waals surface area (Å²) in [5.74, 6) is -0.0569. The van der Waals surface area contributed by atoms with Crippen LogP contribution in [0.15, 0.2) is 42.5 Å². The molecule has 2 N–H and O–H groups in total. The predicted molar refractivity (Wildman–Crippen MR) is 113 cm³/mol. The zero-order chi connectivity index (χ0) is 19.6. The van der Waals surface area contributed by atoms with Crippen molar-refractivity contribution in [3.63, 3.8) is 0 Å². The van der Waals surface area contributed by atoms with Crippen molar-refractivity contribution in [1.82, 2.24) is 9.80 Å². The van der Waals surface area contributed by atoms with Crippen LogP contribution in [0.4, 0.5) is 18.9 Å². The summed E-state index contributed by atoms with van der Waals surface area (Å²) in [4.78, 5) is 16.5. The van der Waals surface area contributed by atoms with Crippen molar-refractivity contribution in [2.24, 2.45) is 0 Å². The van der Waals surface area contributed by atoms with Gasteiger partial charge in [-0.2, -0.15) is 13.2 Å². The normalized spacial score (nSPS) is 14.7. The van der Waals surface area contributed by atoms with E-state index in [1.165, 1.54) is 12.1 Å². The van der Waals surface area contributed by atoms with Crippen LogP contribution in [0.2, 0.25) is 0 Å². The highest BCUT2D eigenvalue weighted by molar-refractivity contribution is 5.96. The molecule has 1 amide bonds. The van der Waals surface area contributed by atoms with E-state index in [0.717, 1.165) is 11.6 Å². The minimum Gasteiger partial charge on any atom is -0.399 e. The van der Waals surface area contributed by atoms with E-state index in [2.05, 4.69) is 4.90 Å². The fraction of sp³-hybridized carbons (Fsp3) is 0.350. The molecule has 0 saturated carbocycles. The first kappa shape index (κ1) is 25.1. The van der Waals surface area contributed by atoms with E-state index in [0.29, 0.717) is 49.5 Å². The first-order chi connectivity index (χ1) is 12.7. The molecule has 0 aromatic heterocycles. The molecular formula is C20H24Cl2F3N3O. The van der Waals surface area contributed by atoms with Crippen LogP contribution < -0.4 is 5.73 Å². The lowest BCUT2D eigenvalue weighted by Crippen LogP contribution is -2.48. The van der Waals surface area contributed by atoms with Crippen LogP contribution in [0.1, 0.15) is 27.0 Å². The number of nitrogens with two attached hydrogens (primary N) is 1. The van der Waals surface area contributed by atoms with Crippen LogP contribution in [-0.2, 0) is 12.7 Å². The van der Waals surface area contributed by atoms with Gasteiger partial charge in [-0.3, -0.25) is 9.69 Å². The lowest BCUT2D eigenvalue weighted by atomic mass is 10.1. The molecule has 1 aliphatic heterocycles. The van der Waals surface area contributed by atoms with Gasteiger partial charge in [0.1, 0.15) is 0 Å². The third-order valence-corrected chi connectivity index (χ3v) is 4.81. The molecule has 0 radical (unpaired) electrons. The number of aryl methyl sites for hydroxylation is 1. The molecule has 0 spiro atoms. The number of benzene rings is 2. The minimum atomic E-state index is -4.34. The Hall–Kier alpha value is -1.96. The molecular weight excluding hydrogens is 426 g/mol. The van der Waals surface area contributed by atoms with Crippen LogP contribution in [-0.4, -0.2) is 41.9 Å². The average molecular weight is 450 g/mol. The molecule has 0 atom stereocenters. The second-order valence-corrected chi connectivity index (χ2v) is 6.84. The molecule has 0 bridgehead atoms. The number of nitrogen functional groups attached to an aromatic ring is 1. The molecule has 1 aliphatic rings. The fourth-order valence-electron chi connectivity index (χ4n) is 3.25. The van der Waals surface area contributed by atoms with Crippen LogP contribution in [0, 0.1) is 6.92 Å². The third kappa shape index (κ3) is 6.26. The predicted octanol–water partition coefficient (Wildman–Crippen LogP) is 4.40. The van der Waals surface area contributed by atoms with Gasteiger partial charge in [-0.1, -0.05) is 24.3 Å². The van der Waals surface area contributed by atoms with Gasteiger partial charge in [0.25, 0.3) is 5.91 Å². The van der Waals surface area contributed by atoms with Gasteiger partial charge in [-0.15, -0.1) is 24.8 Å². The summed E-state index contributed by atoms with van der Waals surface area (Å²) in [5.41, 5.74) is 7.80. The number of amides is 1. The van der Waals surface area contributed by atoms with E-state index in [4.69, 9.17) is 5.73 Å². The zero-order valence-corrected chi connectivity index (χ0v) is 17.5. The van der Waals surface area contributed by atoms with E-state index in [-0.39, 0.29) is 30.7 Å². The Balaban J connectivity index is 0.00000210. The highest BCUT2D eigenvalue weighted by Crippen LogP contribution is 2.29. The van der Waals surface area contributed by atoms with Gasteiger partial charge < -0.3 is 10.6 Å². The second-order valence-electron chi connectivity index (χ2n) is 6.84. The summed E-state index contributed by atoms with van der Waals surface area (Å²) in [6.45, 7) is 4.60. The van der Waals surface area contributed by atoms with Gasteiger partial charge in [0.05, 0.1) is 5.56 Å². The number of carbonyl (C=O) groups excluding carboxylic acids is 1. The molecule has 2 aromatic carbocycles. The van der Waals surface area contributed by atoms with Crippen molar-refractivity contribution < 1.29 is 18.0 Å². The van der Waals surface area contributed by atoms with Crippen LogP contribution in [0.25, 0.3) is 0 Å². The Labute approximate surface area is 180 Å². The monoisotopic (exact) mass is 449 g/mol. The summed E-state index contributed by atoms with van der Waals surface area (Å²) in [7, 11) is 0. The van der Waals surface area contributed by atoms with E-state index >= 15 is 0 Å². The fourth-order valence-corrected chi connectivity index (χ4v) is 3.25. The van der Waals surface area contributed by atoms with Gasteiger partial charge in [-0.05, 0) is 36.2 Å². The van der Waals surface area contributed by atoms with Crippen molar-refractivity contribution >= 4 is 36.4 Å². The van der Waals surface area contributed by atoms with Crippen LogP contribution >= 0.6 is 24.8 Å². The maximum atomic E-state index is 12.8. The standard InChI is InChI=1S/C20H22F3N3O.2ClH/c1-14-5-6-17(24)12-18(14)19(27)26-9-7-25(8-10-26)13-15-3-2-4-16(11-15)20(21,22)23;;/h2-6,11-12H,7-10,13,24H2,1H3;2*1H. The molecule has 1 heterocycles. The van der Waals surface area contributed by atoms with Gasteiger partial charge in [0.15, 0.2) is 0 Å². The molecule has 9 heteroatoms. The number of nitrogens with zero attached hydrogens (tertiary/aromatic N) is 2. The van der Waals surface area contributed by atoms with Gasteiger partial charge in [0.2, 0.25) is 0 Å². The summed E-state index contributed by atoms with van der Waals surface area (Å²) in [6, 6.07) is 10.7. The number of halogens is 5. The molecule has 3 rings (SSSR count). The molecule has 1 fully saturated rings. The van der Waals surface area contributed by atoms with Crippen molar-refractivity contribution in [1.29, 1.82) is 0 Å². The molecule has 0 unspecified atom stereocenters. The quantitative estimate of drug-likeness (QED) is 0.706. The van der Waals surface area contributed by atoms with Crippen molar-refractivity contribution in [3.8, 4) is 0 Å². The average Bonchev–Trinajstić information content (AvgIpc) is 2.63. The van der Waals surface area contributed by atoms with Crippen molar-refractivity contribution in [2.75, 3.05) is 31.9 Å². The van der Waals surface area contributed by atoms with E-state index in [1.807, 2.05) is 13.0 Å². The maximum Gasteiger partial charge on any atom is 0.416 e. The van der Waals surface area contributed by atoms with E-state index in [1.54, 1.807) is 23.1 Å². The molecule has 1 saturated heterocycles. The largest absolute Gasteiger partial charge is 0.416 e. The topological polar surface area (TPSA) is 49.6 Å². The Morgan fingerprint density at radius 2 is 1.69 bits per heavy atom. The highest BCUT2D eigenvalue weighted by Gasteiger charge is 2.30. The first-order valence-corrected chi connectivity index (χ1v) is 8.78. The van der Waals surface area contributed by atoms with Crippen LogP contribution in [0.5, 0.6) is 0 Å². The summed E-state index contributed by atoms with van der Waals surface area (Å²) in [5, 5.41) is 0. The van der Waals surface area contributed by atoms with Crippen molar-refractivity contribution in [2.45, 2.75) is 19.6 Å². The summed E-state index contributed by atoms with van der Waals surface area (Å²) in [6.07, 6.45) is -4.34. The third-order valence-electron chi connectivity index (χ3n) is 4.81. The smallest absolute Gasteiger partial charge is 0.399 e. The zero-order valence-electron chi connectivity index (χ0n) is 15.9. The number of alkyl halides is 3. The van der Waals surface area contributed by atoms with E-state index in [9.17, 15) is 18.0 Å². The number of carbonyl (C=O) groups is 1. The lowest BCUT2D eigenvalue weighted by Gasteiger charge is -2.35. The van der Waals surface area contributed by atoms with Crippen LogP contribution in [0.3, 0.4) is 0 Å². The molecule has 29 heavy (non-hydrogen) atoms. The Morgan fingerprint density at radius 1 is 1.03 bits per heavy atom. The molecule has 4 nitrogen and oxygen atoms in total. The lowest BCUT2D eigenvalue weighted by molar-refractivity contribution is -0.137. The van der Waals surface area contributed by atoms with Gasteiger partial charge >= 0.3 is 6.18 Å². The number of anilines is 1. The SMILES string of the molecule is Cc1ccc(N)cc1C(=O)N1CCN(Cc2cccc(C(F)(F)F)c2)CC1.Cl.Cl. The Kier molecular flexibility index (Phi) is 8.81. The Morgan fingerprint density at radius 3 is 2.31 bits per heavy atom. The maximum absolute atomic E-state index is 12.8. The number of hydrogen-bond acceptors (Lipinski definition) is 3. The Bertz CT molecular complexity index is 838.